The second kappa shape index (κ2) is 25.6. The molecule has 3 heterocycles. The number of aromatic nitrogens is 4. The third-order valence-corrected chi connectivity index (χ3v) is 14.1. The number of phosphoric ester groups is 3. The van der Waals surface area contributed by atoms with E-state index in [1.807, 2.05) is 6.08 Å². The van der Waals surface area contributed by atoms with Crippen molar-refractivity contribution in [3.8, 4) is 0 Å². The molecule has 0 saturated carbocycles. The van der Waals surface area contributed by atoms with Crippen molar-refractivity contribution in [1.82, 2.24) is 30.2 Å². The Hall–Kier alpha value is -2.70. The van der Waals surface area contributed by atoms with Gasteiger partial charge in [-0.3, -0.25) is 32.5 Å². The molecule has 2 aromatic heterocycles. The van der Waals surface area contributed by atoms with Crippen molar-refractivity contribution in [3.05, 3.63) is 24.8 Å². The third kappa shape index (κ3) is 19.8. The molecule has 24 nitrogen and oxygen atoms in total. The summed E-state index contributed by atoms with van der Waals surface area (Å²) in [6.45, 7) is 9.35. The molecule has 0 radical (unpaired) electrons. The Bertz CT molecular complexity index is 2060. The van der Waals surface area contributed by atoms with Crippen LogP contribution in [0.5, 0.6) is 0 Å². The lowest BCUT2D eigenvalue weighted by molar-refractivity contribution is -0.137. The average molecular weight is 1000 g/mol. The zero-order chi connectivity index (χ0) is 48.8. The molecule has 1 saturated heterocycles. The molecule has 1 aliphatic heterocycles. The van der Waals surface area contributed by atoms with Gasteiger partial charge in [-0.05, 0) is 30.3 Å². The van der Waals surface area contributed by atoms with E-state index in [1.54, 1.807) is 6.08 Å². The molecule has 0 spiro atoms. The molecule has 9 atom stereocenters. The van der Waals surface area contributed by atoms with Crippen LogP contribution in [0, 0.1) is 23.2 Å². The quantitative estimate of drug-likeness (QED) is 0.0320. The number of nitrogens with one attached hydrogen (secondary N) is 2. The number of nitrogens with two attached hydrogens (primary N) is 1. The van der Waals surface area contributed by atoms with Crippen LogP contribution in [0.1, 0.15) is 92.7 Å². The highest BCUT2D eigenvalue weighted by molar-refractivity contribution is 8.14. The fraction of sp³-hybridized carbons (Fsp3) is 0.730. The van der Waals surface area contributed by atoms with E-state index < -0.39 is 84.6 Å². The first-order chi connectivity index (χ1) is 30.2. The molecule has 2 aromatic rings. The van der Waals surface area contributed by atoms with Crippen LogP contribution in [0.3, 0.4) is 0 Å². The van der Waals surface area contributed by atoms with Crippen LogP contribution in [0.2, 0.25) is 0 Å². The molecule has 28 heteroatoms. The number of allylic oxidation sites excluding steroid dienone is 1. The third-order valence-electron chi connectivity index (χ3n) is 10.1. The second-order valence-corrected chi connectivity index (χ2v) is 22.3. The Kier molecular flexibility index (Phi) is 22.3. The predicted octanol–water partition coefficient (Wildman–Crippen LogP) is 3.49. The van der Waals surface area contributed by atoms with Crippen LogP contribution in [0.15, 0.2) is 24.8 Å². The van der Waals surface area contributed by atoms with Crippen LogP contribution in [0.25, 0.3) is 11.2 Å². The normalized spacial score (nSPS) is 21.6. The monoisotopic (exact) mass is 1000 g/mol. The molecule has 10 N–H and O–H groups in total. The van der Waals surface area contributed by atoms with Crippen molar-refractivity contribution in [1.29, 1.82) is 0 Å². The molecule has 65 heavy (non-hydrogen) atoms. The summed E-state index contributed by atoms with van der Waals surface area (Å²) in [5, 5.41) is 26.4. The van der Waals surface area contributed by atoms with Gasteiger partial charge in [0.15, 0.2) is 17.7 Å². The molecule has 0 aromatic carbocycles. The highest BCUT2D eigenvalue weighted by Crippen LogP contribution is 2.61. The average Bonchev–Trinajstić information content (AvgIpc) is 3.76. The predicted molar refractivity (Wildman–Crippen MR) is 237 cm³/mol. The van der Waals surface area contributed by atoms with Crippen LogP contribution >= 0.6 is 35.2 Å². The van der Waals surface area contributed by atoms with Crippen LogP contribution < -0.4 is 16.4 Å². The fourth-order valence-corrected chi connectivity index (χ4v) is 9.89. The first kappa shape index (κ1) is 56.6. The van der Waals surface area contributed by atoms with Gasteiger partial charge < -0.3 is 50.9 Å². The van der Waals surface area contributed by atoms with Gasteiger partial charge in [0.25, 0.3) is 0 Å². The number of phosphoric acid groups is 3. The van der Waals surface area contributed by atoms with Crippen molar-refractivity contribution >= 4 is 69.1 Å². The summed E-state index contributed by atoms with van der Waals surface area (Å²) in [6.07, 6.45) is 3.58. The Morgan fingerprint density at radius 3 is 2.29 bits per heavy atom. The number of imidazole rings is 1. The SMILES string of the molecule is CC(C)CCCC(C)CCCC(C)C=CC(=O)SCCNC(=O)CCNC(=O)C(O)C(C)(C)COP(=O)(O)OP(=O)(O)OCC1OC(n2cnc3c(N)ncnc32)C(O)C1OP(=O)(O)O. The molecular weight excluding hydrogens is 939 g/mol. The summed E-state index contributed by atoms with van der Waals surface area (Å²) in [4.78, 5) is 88.4. The fourth-order valence-electron chi connectivity index (χ4n) is 6.48. The summed E-state index contributed by atoms with van der Waals surface area (Å²) in [5.41, 5.74) is 4.27. The molecule has 1 fully saturated rings. The molecule has 370 valence electrons. The van der Waals surface area contributed by atoms with Crippen molar-refractivity contribution in [2.45, 2.75) is 117 Å². The lowest BCUT2D eigenvalue weighted by Gasteiger charge is -2.30. The number of nitrogens with zero attached hydrogens (tertiary/aromatic N) is 4. The van der Waals surface area contributed by atoms with Gasteiger partial charge in [-0.25, -0.2) is 28.6 Å². The highest BCUT2D eigenvalue weighted by Gasteiger charge is 2.50. The molecule has 0 bridgehead atoms. The van der Waals surface area contributed by atoms with Crippen LogP contribution in [-0.2, 0) is 50.7 Å². The summed E-state index contributed by atoms with van der Waals surface area (Å²) in [5.74, 6) is 0.580. The van der Waals surface area contributed by atoms with E-state index in [1.165, 1.54) is 39.5 Å². The number of thioether (sulfide) groups is 1. The van der Waals surface area contributed by atoms with Crippen LogP contribution in [-0.4, -0.2) is 123 Å². The minimum atomic E-state index is -5.58. The number of carbonyl (C=O) groups is 3. The number of hydrogen-bond donors (Lipinski definition) is 9. The number of hydrogen-bond acceptors (Lipinski definition) is 18. The van der Waals surface area contributed by atoms with E-state index in [0.717, 1.165) is 47.7 Å². The summed E-state index contributed by atoms with van der Waals surface area (Å²) in [7, 11) is -16.4. The maximum Gasteiger partial charge on any atom is 0.481 e. The summed E-state index contributed by atoms with van der Waals surface area (Å²) in [6, 6.07) is 0. The van der Waals surface area contributed by atoms with E-state index in [-0.39, 0.29) is 47.5 Å². The number of nitrogen functional groups attached to an aromatic ring is 1. The molecule has 1 aliphatic rings. The lowest BCUT2D eigenvalue weighted by atomic mass is 9.87. The minimum Gasteiger partial charge on any atom is -0.386 e. The Balaban J connectivity index is 1.38. The molecular formula is C37H64N7O17P3S. The van der Waals surface area contributed by atoms with Crippen molar-refractivity contribution in [2.75, 3.05) is 37.8 Å². The van der Waals surface area contributed by atoms with E-state index >= 15 is 0 Å². The number of amides is 2. The van der Waals surface area contributed by atoms with Gasteiger partial charge >= 0.3 is 23.5 Å². The number of aliphatic hydroxyl groups excluding tert-OH is 2. The summed E-state index contributed by atoms with van der Waals surface area (Å²) >= 11 is 1.07. The van der Waals surface area contributed by atoms with Gasteiger partial charge in [0, 0.05) is 30.7 Å². The highest BCUT2D eigenvalue weighted by atomic mass is 32.2. The number of aliphatic hydroxyl groups is 2. The van der Waals surface area contributed by atoms with Crippen molar-refractivity contribution in [3.63, 3.8) is 0 Å². The zero-order valence-corrected chi connectivity index (χ0v) is 40.7. The summed E-state index contributed by atoms with van der Waals surface area (Å²) < 4.78 is 62.4. The minimum absolute atomic E-state index is 0.0314. The number of ether oxygens (including phenoxy) is 1. The number of anilines is 1. The molecule has 0 aliphatic carbocycles. The van der Waals surface area contributed by atoms with E-state index in [0.29, 0.717) is 11.7 Å². The first-order valence-corrected chi connectivity index (χ1v) is 26.4. The molecule has 3 rings (SSSR count). The van der Waals surface area contributed by atoms with Gasteiger partial charge in [-0.15, -0.1) is 0 Å². The Morgan fingerprint density at radius 2 is 1.63 bits per heavy atom. The smallest absolute Gasteiger partial charge is 0.386 e. The number of carbonyl (C=O) groups excluding carboxylic acids is 3. The number of fused-ring (bicyclic) bond motifs is 1. The molecule has 2 amide bonds. The topological polar surface area (TPSA) is 364 Å². The van der Waals surface area contributed by atoms with Gasteiger partial charge in [0.1, 0.15) is 36.3 Å². The Labute approximate surface area is 381 Å². The molecule has 9 unspecified atom stereocenters. The zero-order valence-electron chi connectivity index (χ0n) is 37.2. The lowest BCUT2D eigenvalue weighted by Crippen LogP contribution is -2.46. The largest absolute Gasteiger partial charge is 0.481 e. The van der Waals surface area contributed by atoms with Gasteiger partial charge in [-0.2, -0.15) is 4.31 Å². The maximum atomic E-state index is 12.7. The second-order valence-electron chi connectivity index (χ2n) is 16.9. The van der Waals surface area contributed by atoms with Crippen LogP contribution in [0.4, 0.5) is 5.82 Å². The van der Waals surface area contributed by atoms with E-state index in [4.69, 9.17) is 19.5 Å². The van der Waals surface area contributed by atoms with E-state index in [2.05, 4.69) is 62.1 Å². The van der Waals surface area contributed by atoms with Gasteiger partial charge in [0.2, 0.25) is 16.9 Å². The van der Waals surface area contributed by atoms with Crippen molar-refractivity contribution < 1.29 is 80.5 Å². The van der Waals surface area contributed by atoms with Crippen molar-refractivity contribution in [2.24, 2.45) is 23.2 Å². The Morgan fingerprint density at radius 1 is 0.969 bits per heavy atom. The number of rotatable bonds is 29. The van der Waals surface area contributed by atoms with E-state index in [9.17, 15) is 57.9 Å². The van der Waals surface area contributed by atoms with Gasteiger partial charge in [0.05, 0.1) is 19.5 Å². The standard InChI is InChI=1S/C37H64N7O17P3S/c1-23(2)9-7-10-24(3)11-8-12-25(4)13-14-28(46)65-18-17-39-27(45)15-16-40-35(49)32(48)37(5,6)20-58-64(55,56)61-63(53,54)57-19-26-31(60-62(50,51)52)30(47)36(59-26)44-22-43-29-33(38)41-21-42-34(29)44/h13-14,21-26,30-32,36,47-48H,7-12,15-20H2,1-6H3,(H,39,45)(H,40,49)(H,53,54)(H,55,56)(H2,38,41,42)(H2,50,51,52). The maximum absolute atomic E-state index is 12.7. The first-order valence-electron chi connectivity index (χ1n) is 20.9. The van der Waals surface area contributed by atoms with Gasteiger partial charge in [-0.1, -0.05) is 91.5 Å².